The van der Waals surface area contributed by atoms with E-state index in [-0.39, 0.29) is 10.8 Å². The Morgan fingerprint density at radius 1 is 1.42 bits per heavy atom. The van der Waals surface area contributed by atoms with Gasteiger partial charge in [0.2, 0.25) is 0 Å². The van der Waals surface area contributed by atoms with Gasteiger partial charge in [-0.2, -0.15) is 10.4 Å². The minimum Gasteiger partial charge on any atom is -0.271 e. The van der Waals surface area contributed by atoms with Gasteiger partial charge >= 0.3 is 0 Å². The number of hydrogen-bond donors (Lipinski definition) is 1. The van der Waals surface area contributed by atoms with Crippen LogP contribution in [0.3, 0.4) is 0 Å². The fourth-order valence-electron chi connectivity index (χ4n) is 2.06. The van der Waals surface area contributed by atoms with Crippen molar-refractivity contribution in [1.29, 1.82) is 5.26 Å². The SMILES string of the molecule is CC(Cn1ccc(-c2ccc(C#N)c(Cl)c2)n1)NS(=O)C(C)(C)C. The van der Waals surface area contributed by atoms with Crippen LogP contribution in [0.1, 0.15) is 33.3 Å². The van der Waals surface area contributed by atoms with Crippen molar-refractivity contribution in [1.82, 2.24) is 14.5 Å². The maximum absolute atomic E-state index is 12.1. The van der Waals surface area contributed by atoms with E-state index in [9.17, 15) is 4.21 Å². The van der Waals surface area contributed by atoms with Crippen molar-refractivity contribution in [3.05, 3.63) is 41.0 Å². The number of aromatic nitrogens is 2. The summed E-state index contributed by atoms with van der Waals surface area (Å²) < 4.78 is 16.7. The van der Waals surface area contributed by atoms with Gasteiger partial charge in [0, 0.05) is 17.8 Å². The lowest BCUT2D eigenvalue weighted by atomic mass is 10.1. The van der Waals surface area contributed by atoms with Crippen LogP contribution in [0, 0.1) is 11.3 Å². The molecule has 0 saturated carbocycles. The van der Waals surface area contributed by atoms with Crippen LogP contribution in [-0.2, 0) is 17.5 Å². The number of nitrogens with zero attached hydrogens (tertiary/aromatic N) is 3. The van der Waals surface area contributed by atoms with Crippen LogP contribution in [0.15, 0.2) is 30.5 Å². The van der Waals surface area contributed by atoms with Gasteiger partial charge in [-0.15, -0.1) is 0 Å². The minimum absolute atomic E-state index is 0.0161. The number of halogens is 1. The van der Waals surface area contributed by atoms with Crippen molar-refractivity contribution < 1.29 is 4.21 Å². The molecule has 128 valence electrons. The van der Waals surface area contributed by atoms with E-state index >= 15 is 0 Å². The van der Waals surface area contributed by atoms with Crippen molar-refractivity contribution in [2.24, 2.45) is 0 Å². The van der Waals surface area contributed by atoms with Crippen molar-refractivity contribution in [3.8, 4) is 17.3 Å². The van der Waals surface area contributed by atoms with Crippen LogP contribution in [-0.4, -0.2) is 24.8 Å². The van der Waals surface area contributed by atoms with E-state index in [2.05, 4.69) is 9.82 Å². The summed E-state index contributed by atoms with van der Waals surface area (Å²) in [6, 6.07) is 9.20. The maximum atomic E-state index is 12.1. The van der Waals surface area contributed by atoms with Crippen LogP contribution in [0.25, 0.3) is 11.3 Å². The summed E-state index contributed by atoms with van der Waals surface area (Å²) in [5.74, 6) is 0. The highest BCUT2D eigenvalue weighted by Gasteiger charge is 2.21. The first kappa shape index (κ1) is 18.7. The van der Waals surface area contributed by atoms with Gasteiger partial charge < -0.3 is 0 Å². The molecule has 7 heteroatoms. The van der Waals surface area contributed by atoms with Gasteiger partial charge in [-0.25, -0.2) is 8.93 Å². The number of hydrogen-bond acceptors (Lipinski definition) is 3. The molecule has 2 aromatic rings. The van der Waals surface area contributed by atoms with Gasteiger partial charge in [-0.3, -0.25) is 4.68 Å². The molecule has 0 amide bonds. The lowest BCUT2D eigenvalue weighted by Gasteiger charge is -2.21. The molecule has 1 heterocycles. The molecule has 0 aliphatic carbocycles. The molecule has 1 N–H and O–H groups in total. The maximum Gasteiger partial charge on any atom is 0.101 e. The molecule has 24 heavy (non-hydrogen) atoms. The normalized spacial score (nSPS) is 14.2. The number of benzene rings is 1. The standard InChI is InChI=1S/C17H21ClN4OS/c1-12(21-24(23)17(2,3)4)11-22-8-7-16(20-22)13-5-6-14(10-19)15(18)9-13/h5-9,12,21H,11H2,1-4H3. The lowest BCUT2D eigenvalue weighted by Crippen LogP contribution is -2.40. The van der Waals surface area contributed by atoms with Crippen LogP contribution in [0.4, 0.5) is 0 Å². The third-order valence-corrected chi connectivity index (χ3v) is 5.39. The first-order valence-electron chi connectivity index (χ1n) is 7.62. The Morgan fingerprint density at radius 3 is 2.71 bits per heavy atom. The zero-order valence-electron chi connectivity index (χ0n) is 14.2. The predicted octanol–water partition coefficient (Wildman–Crippen LogP) is 3.52. The van der Waals surface area contributed by atoms with Gasteiger partial charge in [0.1, 0.15) is 6.07 Å². The van der Waals surface area contributed by atoms with Crippen LogP contribution >= 0.6 is 11.6 Å². The average molecular weight is 365 g/mol. The molecule has 0 spiro atoms. The molecular formula is C17H21ClN4OS. The van der Waals surface area contributed by atoms with Crippen LogP contribution in [0.5, 0.6) is 0 Å². The smallest absolute Gasteiger partial charge is 0.101 e. The highest BCUT2D eigenvalue weighted by molar-refractivity contribution is 7.84. The second-order valence-electron chi connectivity index (χ2n) is 6.63. The number of rotatable bonds is 5. The van der Waals surface area contributed by atoms with Gasteiger partial charge in [-0.1, -0.05) is 17.7 Å². The highest BCUT2D eigenvalue weighted by Crippen LogP contribution is 2.24. The van der Waals surface area contributed by atoms with E-state index in [0.717, 1.165) is 11.3 Å². The van der Waals surface area contributed by atoms with Crippen LogP contribution in [0.2, 0.25) is 5.02 Å². The highest BCUT2D eigenvalue weighted by atomic mass is 35.5. The summed E-state index contributed by atoms with van der Waals surface area (Å²) in [5, 5.41) is 13.9. The third kappa shape index (κ3) is 4.67. The van der Waals surface area contributed by atoms with Gasteiger partial charge in [-0.05, 0) is 45.9 Å². The topological polar surface area (TPSA) is 70.7 Å². The Morgan fingerprint density at radius 2 is 2.12 bits per heavy atom. The Hall–Kier alpha value is -1.68. The predicted molar refractivity (Wildman–Crippen MR) is 97.9 cm³/mol. The molecule has 1 aromatic heterocycles. The van der Waals surface area contributed by atoms with E-state index in [4.69, 9.17) is 16.9 Å². The fraction of sp³-hybridized carbons (Fsp3) is 0.412. The summed E-state index contributed by atoms with van der Waals surface area (Å²) >= 11 is 6.07. The summed E-state index contributed by atoms with van der Waals surface area (Å²) in [7, 11) is -1.12. The van der Waals surface area contributed by atoms with E-state index in [0.29, 0.717) is 17.1 Å². The van der Waals surface area contributed by atoms with E-state index in [1.54, 1.807) is 16.8 Å². The molecule has 5 nitrogen and oxygen atoms in total. The molecule has 2 unspecified atom stereocenters. The Labute approximate surface area is 150 Å². The lowest BCUT2D eigenvalue weighted by molar-refractivity contribution is 0.506. The molecule has 0 saturated heterocycles. The molecule has 2 atom stereocenters. The zero-order valence-corrected chi connectivity index (χ0v) is 15.8. The van der Waals surface area contributed by atoms with Crippen molar-refractivity contribution in [3.63, 3.8) is 0 Å². The first-order valence-corrected chi connectivity index (χ1v) is 9.15. The zero-order chi connectivity index (χ0) is 17.9. The second kappa shape index (κ2) is 7.47. The summed E-state index contributed by atoms with van der Waals surface area (Å²) in [5.41, 5.74) is 2.09. The average Bonchev–Trinajstić information content (AvgIpc) is 2.94. The Kier molecular flexibility index (Phi) is 5.81. The largest absolute Gasteiger partial charge is 0.271 e. The van der Waals surface area contributed by atoms with E-state index in [1.807, 2.05) is 52.1 Å². The Bertz CT molecular complexity index is 789. The van der Waals surface area contributed by atoms with Gasteiger partial charge in [0.05, 0.1) is 38.6 Å². The van der Waals surface area contributed by atoms with E-state index < -0.39 is 11.0 Å². The van der Waals surface area contributed by atoms with Crippen molar-refractivity contribution in [2.45, 2.75) is 45.0 Å². The van der Waals surface area contributed by atoms with Crippen molar-refractivity contribution in [2.75, 3.05) is 0 Å². The number of nitrogens with one attached hydrogen (secondary N) is 1. The molecular weight excluding hydrogens is 344 g/mol. The van der Waals surface area contributed by atoms with Gasteiger partial charge in [0.15, 0.2) is 0 Å². The van der Waals surface area contributed by atoms with Crippen molar-refractivity contribution >= 4 is 22.6 Å². The molecule has 0 fully saturated rings. The molecule has 0 aliphatic rings. The van der Waals surface area contributed by atoms with E-state index in [1.165, 1.54) is 0 Å². The molecule has 0 radical (unpaired) electrons. The summed E-state index contributed by atoms with van der Waals surface area (Å²) in [6.45, 7) is 8.38. The van der Waals surface area contributed by atoms with Gasteiger partial charge in [0.25, 0.3) is 0 Å². The summed E-state index contributed by atoms with van der Waals surface area (Å²) in [6.07, 6.45) is 1.87. The Balaban J connectivity index is 2.07. The van der Waals surface area contributed by atoms with Crippen LogP contribution < -0.4 is 4.72 Å². The second-order valence-corrected chi connectivity index (χ2v) is 9.03. The summed E-state index contributed by atoms with van der Waals surface area (Å²) in [4.78, 5) is 0. The monoisotopic (exact) mass is 364 g/mol. The minimum atomic E-state index is -1.12. The first-order chi connectivity index (χ1) is 11.2. The molecule has 1 aromatic carbocycles. The third-order valence-electron chi connectivity index (χ3n) is 3.35. The quantitative estimate of drug-likeness (QED) is 0.882. The fourth-order valence-corrected chi connectivity index (χ4v) is 3.08. The molecule has 0 aliphatic heterocycles. The molecule has 0 bridgehead atoms. The number of nitriles is 1. The molecule has 2 rings (SSSR count).